The Bertz CT molecular complexity index is 660. The lowest BCUT2D eigenvalue weighted by Crippen LogP contribution is -2.41. The van der Waals surface area contributed by atoms with Gasteiger partial charge in [-0.05, 0) is 30.2 Å². The quantitative estimate of drug-likeness (QED) is 0.850. The third-order valence-electron chi connectivity index (χ3n) is 3.82. The van der Waals surface area contributed by atoms with E-state index in [4.69, 9.17) is 9.47 Å². The van der Waals surface area contributed by atoms with Gasteiger partial charge in [-0.2, -0.15) is 0 Å². The number of aryl methyl sites for hydroxylation is 1. The highest BCUT2D eigenvalue weighted by Crippen LogP contribution is 2.30. The van der Waals surface area contributed by atoms with Gasteiger partial charge >= 0.3 is 0 Å². The van der Waals surface area contributed by atoms with Crippen molar-refractivity contribution in [2.75, 3.05) is 20.2 Å². The van der Waals surface area contributed by atoms with Crippen molar-refractivity contribution < 1.29 is 14.3 Å². The summed E-state index contributed by atoms with van der Waals surface area (Å²) in [5, 5.41) is 0. The zero-order valence-corrected chi connectivity index (χ0v) is 13.1. The Balaban J connectivity index is 1.49. The van der Waals surface area contributed by atoms with Gasteiger partial charge in [-0.1, -0.05) is 18.2 Å². The van der Waals surface area contributed by atoms with Gasteiger partial charge in [0.2, 0.25) is 5.91 Å². The Labute approximate surface area is 135 Å². The molecule has 120 valence electrons. The average Bonchev–Trinajstić information content (AvgIpc) is 2.60. The normalized spacial score (nSPS) is 16.0. The zero-order chi connectivity index (χ0) is 16.1. The molecule has 2 heterocycles. The maximum absolute atomic E-state index is 12.2. The molecule has 0 N–H and O–H groups in total. The molecule has 23 heavy (non-hydrogen) atoms. The standard InChI is InChI=1S/C18H20N2O3/c1-20(18(21)9-8-14-5-4-10-19-11-14)12-15-13-22-16-6-2-3-7-17(16)23-15/h2-7,10-11,15H,8-9,12-13H2,1H3. The van der Waals surface area contributed by atoms with Crippen molar-refractivity contribution in [2.24, 2.45) is 0 Å². The van der Waals surface area contributed by atoms with Crippen LogP contribution in [0.5, 0.6) is 11.5 Å². The van der Waals surface area contributed by atoms with Crippen molar-refractivity contribution in [1.29, 1.82) is 0 Å². The van der Waals surface area contributed by atoms with Crippen molar-refractivity contribution >= 4 is 5.91 Å². The number of nitrogens with zero attached hydrogens (tertiary/aromatic N) is 2. The van der Waals surface area contributed by atoms with Gasteiger partial charge in [-0.15, -0.1) is 0 Å². The van der Waals surface area contributed by atoms with E-state index in [0.717, 1.165) is 17.1 Å². The van der Waals surface area contributed by atoms with E-state index in [1.165, 1.54) is 0 Å². The maximum atomic E-state index is 12.2. The molecule has 0 saturated carbocycles. The van der Waals surface area contributed by atoms with Crippen molar-refractivity contribution in [1.82, 2.24) is 9.88 Å². The molecule has 1 unspecified atom stereocenters. The molecule has 1 aliphatic heterocycles. The molecule has 0 aliphatic carbocycles. The second kappa shape index (κ2) is 7.13. The van der Waals surface area contributed by atoms with Gasteiger partial charge < -0.3 is 14.4 Å². The van der Waals surface area contributed by atoms with Crippen molar-refractivity contribution in [2.45, 2.75) is 18.9 Å². The molecule has 5 nitrogen and oxygen atoms in total. The highest BCUT2D eigenvalue weighted by atomic mass is 16.6. The number of pyridine rings is 1. The van der Waals surface area contributed by atoms with Crippen LogP contribution >= 0.6 is 0 Å². The third-order valence-corrected chi connectivity index (χ3v) is 3.82. The van der Waals surface area contributed by atoms with E-state index < -0.39 is 0 Å². The highest BCUT2D eigenvalue weighted by Gasteiger charge is 2.23. The van der Waals surface area contributed by atoms with E-state index in [1.54, 1.807) is 24.3 Å². The molecule has 1 aromatic heterocycles. The Morgan fingerprint density at radius 2 is 2.09 bits per heavy atom. The number of aromatic nitrogens is 1. The molecule has 0 radical (unpaired) electrons. The van der Waals surface area contributed by atoms with Crippen molar-refractivity contribution in [3.8, 4) is 11.5 Å². The molecule has 0 saturated heterocycles. The number of rotatable bonds is 5. The number of carbonyl (C=O) groups is 1. The summed E-state index contributed by atoms with van der Waals surface area (Å²) in [6.07, 6.45) is 4.55. The molecule has 0 fully saturated rings. The van der Waals surface area contributed by atoms with E-state index in [2.05, 4.69) is 4.98 Å². The molecule has 3 rings (SSSR count). The van der Waals surface area contributed by atoms with Crippen LogP contribution in [0, 0.1) is 0 Å². The fourth-order valence-electron chi connectivity index (χ4n) is 2.55. The van der Waals surface area contributed by atoms with E-state index >= 15 is 0 Å². The monoisotopic (exact) mass is 312 g/mol. The summed E-state index contributed by atoms with van der Waals surface area (Å²) in [4.78, 5) is 18.0. The van der Waals surface area contributed by atoms with Crippen LogP contribution in [0.4, 0.5) is 0 Å². The van der Waals surface area contributed by atoms with E-state index in [-0.39, 0.29) is 12.0 Å². The number of para-hydroxylation sites is 2. The number of fused-ring (bicyclic) bond motifs is 1. The smallest absolute Gasteiger partial charge is 0.222 e. The number of carbonyl (C=O) groups excluding carboxylic acids is 1. The van der Waals surface area contributed by atoms with Crippen LogP contribution in [0.25, 0.3) is 0 Å². The third kappa shape index (κ3) is 4.00. The summed E-state index contributed by atoms with van der Waals surface area (Å²) in [6.45, 7) is 0.970. The first kappa shape index (κ1) is 15.3. The SMILES string of the molecule is CN(CC1COc2ccccc2O1)C(=O)CCc1cccnc1. The number of hydrogen-bond donors (Lipinski definition) is 0. The van der Waals surface area contributed by atoms with E-state index in [1.807, 2.05) is 36.4 Å². The van der Waals surface area contributed by atoms with Gasteiger partial charge in [0.1, 0.15) is 6.61 Å². The maximum Gasteiger partial charge on any atom is 0.222 e. The molecule has 5 heteroatoms. The van der Waals surface area contributed by atoms with Crippen LogP contribution < -0.4 is 9.47 Å². The summed E-state index contributed by atoms with van der Waals surface area (Å²) in [5.74, 6) is 1.59. The Kier molecular flexibility index (Phi) is 4.76. The van der Waals surface area contributed by atoms with Crippen molar-refractivity contribution in [3.63, 3.8) is 0 Å². The van der Waals surface area contributed by atoms with E-state index in [0.29, 0.717) is 26.0 Å². The number of likely N-dealkylation sites (N-methyl/N-ethyl adjacent to an activating group) is 1. The fraction of sp³-hybridized carbons (Fsp3) is 0.333. The van der Waals surface area contributed by atoms with E-state index in [9.17, 15) is 4.79 Å². The first-order chi connectivity index (χ1) is 11.2. The topological polar surface area (TPSA) is 51.7 Å². The predicted molar refractivity (Wildman–Crippen MR) is 86.5 cm³/mol. The largest absolute Gasteiger partial charge is 0.486 e. The average molecular weight is 312 g/mol. The molecule has 1 aromatic carbocycles. The molecule has 0 bridgehead atoms. The second-order valence-electron chi connectivity index (χ2n) is 5.63. The van der Waals surface area contributed by atoms with Crippen LogP contribution in [0.2, 0.25) is 0 Å². The van der Waals surface area contributed by atoms with Gasteiger partial charge in [0, 0.05) is 25.9 Å². The summed E-state index contributed by atoms with van der Waals surface area (Å²) in [7, 11) is 1.80. The van der Waals surface area contributed by atoms with Crippen LogP contribution in [0.15, 0.2) is 48.8 Å². The molecule has 1 atom stereocenters. The molecular weight excluding hydrogens is 292 g/mol. The Morgan fingerprint density at radius 3 is 2.87 bits per heavy atom. The molecule has 2 aromatic rings. The highest BCUT2D eigenvalue weighted by molar-refractivity contribution is 5.76. The molecule has 1 aliphatic rings. The zero-order valence-electron chi connectivity index (χ0n) is 13.1. The number of ether oxygens (including phenoxy) is 2. The first-order valence-corrected chi connectivity index (χ1v) is 7.74. The number of benzene rings is 1. The lowest BCUT2D eigenvalue weighted by atomic mass is 10.1. The van der Waals surface area contributed by atoms with Gasteiger partial charge in [0.25, 0.3) is 0 Å². The lowest BCUT2D eigenvalue weighted by Gasteiger charge is -2.29. The summed E-state index contributed by atoms with van der Waals surface area (Å²) in [6, 6.07) is 11.5. The first-order valence-electron chi connectivity index (χ1n) is 7.74. The predicted octanol–water partition coefficient (Wildman–Crippen LogP) is 2.31. The number of amides is 1. The van der Waals surface area contributed by atoms with Crippen LogP contribution in [0.1, 0.15) is 12.0 Å². The van der Waals surface area contributed by atoms with Gasteiger partial charge in [0.15, 0.2) is 17.6 Å². The Morgan fingerprint density at radius 1 is 1.26 bits per heavy atom. The van der Waals surface area contributed by atoms with Gasteiger partial charge in [-0.25, -0.2) is 0 Å². The Hall–Kier alpha value is -2.56. The van der Waals surface area contributed by atoms with Crippen molar-refractivity contribution in [3.05, 3.63) is 54.4 Å². The van der Waals surface area contributed by atoms with Crippen LogP contribution in [0.3, 0.4) is 0 Å². The molecular formula is C18H20N2O3. The van der Waals surface area contributed by atoms with Gasteiger partial charge in [0.05, 0.1) is 6.54 Å². The van der Waals surface area contributed by atoms with Crippen LogP contribution in [-0.2, 0) is 11.2 Å². The fourth-order valence-corrected chi connectivity index (χ4v) is 2.55. The summed E-state index contributed by atoms with van der Waals surface area (Å²) < 4.78 is 11.6. The minimum atomic E-state index is -0.141. The second-order valence-corrected chi connectivity index (χ2v) is 5.63. The number of hydrogen-bond acceptors (Lipinski definition) is 4. The van der Waals surface area contributed by atoms with Crippen LogP contribution in [-0.4, -0.2) is 42.1 Å². The molecule has 1 amide bonds. The summed E-state index contributed by atoms with van der Waals surface area (Å²) >= 11 is 0. The summed E-state index contributed by atoms with van der Waals surface area (Å²) in [5.41, 5.74) is 1.07. The minimum Gasteiger partial charge on any atom is -0.486 e. The lowest BCUT2D eigenvalue weighted by molar-refractivity contribution is -0.131. The van der Waals surface area contributed by atoms with Gasteiger partial charge in [-0.3, -0.25) is 9.78 Å². The molecule has 0 spiro atoms. The minimum absolute atomic E-state index is 0.0938.